The summed E-state index contributed by atoms with van der Waals surface area (Å²) in [6.07, 6.45) is 0.614. The molecule has 0 spiro atoms. The predicted octanol–water partition coefficient (Wildman–Crippen LogP) is 0.0835. The topological polar surface area (TPSA) is 297 Å². The van der Waals surface area contributed by atoms with Crippen LogP contribution in [0.1, 0.15) is 22.8 Å². The van der Waals surface area contributed by atoms with E-state index in [0.29, 0.717) is 18.2 Å². The SMILES string of the molecule is CC(=O)Nc1cc(S(=O)(=O)O)cc2c1C(=O)/C(=N/Nc1cc(S(=O)(=O)CCOS(=O)(=O)O)ccc1O)C(S(=O)(=O)O)=C2. The van der Waals surface area contributed by atoms with E-state index in [1.807, 2.05) is 0 Å². The third kappa shape index (κ3) is 7.74. The maximum atomic E-state index is 13.4. The lowest BCUT2D eigenvalue weighted by molar-refractivity contribution is -0.114. The number of aromatic hydroxyl groups is 1. The second kappa shape index (κ2) is 11.5. The van der Waals surface area contributed by atoms with E-state index in [4.69, 9.17) is 4.55 Å². The molecule has 0 aromatic heterocycles. The number of anilines is 2. The number of allylic oxidation sites excluding steroid dienone is 1. The first kappa shape index (κ1) is 32.7. The smallest absolute Gasteiger partial charge is 0.397 e. The van der Waals surface area contributed by atoms with Crippen molar-refractivity contribution in [2.75, 3.05) is 23.1 Å². The Bertz CT molecular complexity index is 2000. The molecule has 18 nitrogen and oxygen atoms in total. The fourth-order valence-corrected chi connectivity index (χ4v) is 6.18. The standard InChI is InChI=1S/C20H19N3O15S4/c1-10(24)21-15-9-13(40(29,30)31)6-11-7-17(41(32,33)34)19(20(26)18(11)15)23-22-14-8-12(2-3-16(14)25)39(27,28)5-4-38-42(35,36)37/h2-3,6-9,22,25H,4-5H2,1H3,(H,21,24)(H,29,30,31)(H,32,33,34)(H,35,36,37)/b23-19+. The molecule has 2 aromatic rings. The van der Waals surface area contributed by atoms with Crippen LogP contribution in [0.3, 0.4) is 0 Å². The Morgan fingerprint density at radius 3 is 2.07 bits per heavy atom. The summed E-state index contributed by atoms with van der Waals surface area (Å²) in [7, 11) is -19.4. The Morgan fingerprint density at radius 1 is 0.905 bits per heavy atom. The van der Waals surface area contributed by atoms with E-state index in [1.165, 1.54) is 0 Å². The van der Waals surface area contributed by atoms with Gasteiger partial charge in [-0.2, -0.15) is 30.4 Å². The van der Waals surface area contributed by atoms with E-state index in [9.17, 15) is 57.5 Å². The molecule has 3 rings (SSSR count). The van der Waals surface area contributed by atoms with Gasteiger partial charge in [0.1, 0.15) is 10.7 Å². The van der Waals surface area contributed by atoms with Crippen LogP contribution in [0.5, 0.6) is 5.75 Å². The number of benzene rings is 2. The molecule has 0 saturated heterocycles. The Kier molecular flexibility index (Phi) is 8.95. The molecule has 0 atom stereocenters. The first-order valence-corrected chi connectivity index (χ1v) is 16.7. The second-order valence-electron chi connectivity index (χ2n) is 8.22. The summed E-state index contributed by atoms with van der Waals surface area (Å²) in [5.41, 5.74) is -0.962. The highest BCUT2D eigenvalue weighted by atomic mass is 32.3. The number of hydrazone groups is 1. The van der Waals surface area contributed by atoms with Crippen molar-refractivity contribution in [3.05, 3.63) is 46.4 Å². The first-order chi connectivity index (χ1) is 19.1. The van der Waals surface area contributed by atoms with Crippen LogP contribution in [0.15, 0.2) is 50.1 Å². The quantitative estimate of drug-likeness (QED) is 0.111. The van der Waals surface area contributed by atoms with Crippen molar-refractivity contribution in [2.45, 2.75) is 16.7 Å². The number of carbonyl (C=O) groups excluding carboxylic acids is 2. The number of hydrogen-bond donors (Lipinski definition) is 6. The number of hydrogen-bond acceptors (Lipinski definition) is 14. The minimum atomic E-state index is -5.27. The second-order valence-corrected chi connectivity index (χ2v) is 14.2. The van der Waals surface area contributed by atoms with Crippen molar-refractivity contribution in [1.29, 1.82) is 0 Å². The molecule has 228 valence electrons. The van der Waals surface area contributed by atoms with Crippen LogP contribution in [0, 0.1) is 0 Å². The van der Waals surface area contributed by atoms with Gasteiger partial charge in [-0.25, -0.2) is 12.6 Å². The van der Waals surface area contributed by atoms with E-state index in [2.05, 4.69) is 20.0 Å². The van der Waals surface area contributed by atoms with Gasteiger partial charge in [-0.3, -0.25) is 28.7 Å². The number of rotatable bonds is 10. The first-order valence-electron chi connectivity index (χ1n) is 10.8. The number of nitrogens with zero attached hydrogens (tertiary/aromatic N) is 1. The van der Waals surface area contributed by atoms with Crippen molar-refractivity contribution >= 4 is 75.3 Å². The highest BCUT2D eigenvalue weighted by Gasteiger charge is 2.36. The van der Waals surface area contributed by atoms with Crippen LogP contribution in [0.2, 0.25) is 0 Å². The lowest BCUT2D eigenvalue weighted by Crippen LogP contribution is -2.28. The summed E-state index contributed by atoms with van der Waals surface area (Å²) >= 11 is 0. The van der Waals surface area contributed by atoms with Gasteiger partial charge in [-0.1, -0.05) is 0 Å². The molecule has 0 radical (unpaired) electrons. The zero-order chi connectivity index (χ0) is 31.8. The van der Waals surface area contributed by atoms with Gasteiger partial charge in [0.25, 0.3) is 20.2 Å². The van der Waals surface area contributed by atoms with E-state index in [1.54, 1.807) is 0 Å². The lowest BCUT2D eigenvalue weighted by Gasteiger charge is -2.20. The van der Waals surface area contributed by atoms with Crippen molar-refractivity contribution < 1.29 is 66.2 Å². The molecular weight excluding hydrogens is 650 g/mol. The Balaban J connectivity index is 2.12. The van der Waals surface area contributed by atoms with Gasteiger partial charge in [-0.15, -0.1) is 0 Å². The lowest BCUT2D eigenvalue weighted by atomic mass is 9.93. The predicted molar refractivity (Wildman–Crippen MR) is 143 cm³/mol. The number of fused-ring (bicyclic) bond motifs is 1. The summed E-state index contributed by atoms with van der Waals surface area (Å²) in [6, 6.07) is 3.91. The fraction of sp³-hybridized carbons (Fsp3) is 0.150. The molecule has 0 heterocycles. The molecule has 1 amide bonds. The highest BCUT2D eigenvalue weighted by Crippen LogP contribution is 2.34. The van der Waals surface area contributed by atoms with Gasteiger partial charge >= 0.3 is 10.4 Å². The third-order valence-electron chi connectivity index (χ3n) is 5.19. The Hall–Kier alpha value is -3.77. The largest absolute Gasteiger partial charge is 0.506 e. The van der Waals surface area contributed by atoms with Crippen LogP contribution in [0.25, 0.3) is 6.08 Å². The Labute approximate surface area is 238 Å². The van der Waals surface area contributed by atoms with Crippen LogP contribution in [0.4, 0.5) is 11.4 Å². The maximum absolute atomic E-state index is 13.4. The molecule has 22 heteroatoms. The minimum Gasteiger partial charge on any atom is -0.506 e. The molecule has 1 aliphatic carbocycles. The summed E-state index contributed by atoms with van der Waals surface area (Å²) in [5, 5.41) is 15.9. The monoisotopic (exact) mass is 669 g/mol. The van der Waals surface area contributed by atoms with Crippen LogP contribution in [-0.2, 0) is 49.5 Å². The number of carbonyl (C=O) groups is 2. The minimum absolute atomic E-state index is 0.464. The number of Topliss-reactive ketones (excluding diaryl/α,β-unsaturated/α-hetero) is 1. The van der Waals surface area contributed by atoms with E-state index in [0.717, 1.165) is 25.1 Å². The number of amides is 1. The van der Waals surface area contributed by atoms with Crippen molar-refractivity contribution in [1.82, 2.24) is 0 Å². The van der Waals surface area contributed by atoms with Crippen LogP contribution < -0.4 is 10.7 Å². The molecule has 0 bridgehead atoms. The maximum Gasteiger partial charge on any atom is 0.397 e. The van der Waals surface area contributed by atoms with E-state index >= 15 is 0 Å². The number of ketones is 1. The van der Waals surface area contributed by atoms with Crippen molar-refractivity contribution in [2.24, 2.45) is 5.10 Å². The summed E-state index contributed by atoms with van der Waals surface area (Å²) in [6.45, 7) is 0.0218. The summed E-state index contributed by atoms with van der Waals surface area (Å²) in [5.74, 6) is -3.73. The number of sulfone groups is 1. The molecular formula is C20H19N3O15S4. The average Bonchev–Trinajstić information content (AvgIpc) is 2.81. The zero-order valence-electron chi connectivity index (χ0n) is 20.7. The Morgan fingerprint density at radius 2 is 1.52 bits per heavy atom. The summed E-state index contributed by atoms with van der Waals surface area (Å²) in [4.78, 5) is 22.5. The number of nitrogens with one attached hydrogen (secondary N) is 2. The van der Waals surface area contributed by atoms with Crippen LogP contribution >= 0.6 is 0 Å². The zero-order valence-corrected chi connectivity index (χ0v) is 24.0. The molecule has 0 fully saturated rings. The van der Waals surface area contributed by atoms with E-state index < -0.39 is 113 Å². The summed E-state index contributed by atoms with van der Waals surface area (Å²) < 4.78 is 126. The van der Waals surface area contributed by atoms with Gasteiger partial charge in [0.15, 0.2) is 15.5 Å². The molecule has 2 aromatic carbocycles. The van der Waals surface area contributed by atoms with Crippen LogP contribution in [-0.4, -0.2) is 82.2 Å². The number of phenols is 1. The van der Waals surface area contributed by atoms with Gasteiger partial charge in [-0.05, 0) is 42.0 Å². The molecule has 0 aliphatic heterocycles. The molecule has 0 unspecified atom stereocenters. The van der Waals surface area contributed by atoms with Crippen molar-refractivity contribution in [3.63, 3.8) is 0 Å². The fourth-order valence-electron chi connectivity index (χ4n) is 3.46. The van der Waals surface area contributed by atoms with Gasteiger partial charge < -0.3 is 10.4 Å². The van der Waals surface area contributed by atoms with Crippen molar-refractivity contribution in [3.8, 4) is 5.75 Å². The molecule has 0 saturated carbocycles. The molecule has 6 N–H and O–H groups in total. The van der Waals surface area contributed by atoms with E-state index in [-0.39, 0.29) is 0 Å². The average molecular weight is 670 g/mol. The molecule has 42 heavy (non-hydrogen) atoms. The highest BCUT2D eigenvalue weighted by molar-refractivity contribution is 7.91. The normalized spacial score (nSPS) is 15.2. The van der Waals surface area contributed by atoms with Gasteiger partial charge in [0, 0.05) is 6.92 Å². The van der Waals surface area contributed by atoms with Gasteiger partial charge in [0.05, 0.1) is 39.1 Å². The molecule has 1 aliphatic rings. The van der Waals surface area contributed by atoms with Gasteiger partial charge in [0.2, 0.25) is 11.7 Å². The number of phenolic OH excluding ortho intramolecular Hbond substituents is 1. The third-order valence-corrected chi connectivity index (χ3v) is 9.03.